The van der Waals surface area contributed by atoms with Gasteiger partial charge < -0.3 is 10.0 Å². The predicted octanol–water partition coefficient (Wildman–Crippen LogP) is 1.83. The van der Waals surface area contributed by atoms with Gasteiger partial charge in [-0.3, -0.25) is 0 Å². The molecule has 0 spiro atoms. The van der Waals surface area contributed by atoms with Gasteiger partial charge in [-0.1, -0.05) is 11.6 Å². The van der Waals surface area contributed by atoms with Crippen molar-refractivity contribution >= 4 is 11.6 Å². The zero-order chi connectivity index (χ0) is 9.84. The fraction of sp³-hybridized carbons (Fsp3) is 0.800. The Labute approximate surface area is 85.2 Å². The molecule has 3 heteroatoms. The van der Waals surface area contributed by atoms with E-state index >= 15 is 0 Å². The minimum atomic E-state index is -0.0388. The summed E-state index contributed by atoms with van der Waals surface area (Å²) in [5, 5.41) is 9.11. The normalized spacial score (nSPS) is 29.2. The Hall–Kier alpha value is -0.0500. The summed E-state index contributed by atoms with van der Waals surface area (Å²) in [4.78, 5) is 2.25. The van der Waals surface area contributed by atoms with Crippen molar-refractivity contribution in [2.24, 2.45) is 5.92 Å². The topological polar surface area (TPSA) is 23.5 Å². The van der Waals surface area contributed by atoms with Crippen molar-refractivity contribution in [1.29, 1.82) is 0 Å². The van der Waals surface area contributed by atoms with Gasteiger partial charge in [0.25, 0.3) is 0 Å². The second-order valence-electron chi connectivity index (χ2n) is 4.14. The van der Waals surface area contributed by atoms with E-state index in [0.29, 0.717) is 5.92 Å². The maximum Gasteiger partial charge on any atom is 0.0546 e. The molecule has 0 heterocycles. The van der Waals surface area contributed by atoms with Gasteiger partial charge in [-0.2, -0.15) is 0 Å². The first-order valence-electron chi connectivity index (χ1n) is 4.74. The van der Waals surface area contributed by atoms with E-state index in [1.165, 1.54) is 5.57 Å². The van der Waals surface area contributed by atoms with Crippen molar-refractivity contribution in [3.8, 4) is 0 Å². The lowest BCUT2D eigenvalue weighted by Gasteiger charge is -2.34. The first-order valence-corrected chi connectivity index (χ1v) is 5.18. The van der Waals surface area contributed by atoms with Crippen LogP contribution < -0.4 is 0 Å². The van der Waals surface area contributed by atoms with E-state index in [0.717, 1.165) is 25.9 Å². The molecule has 0 bridgehead atoms. The molecule has 0 amide bonds. The lowest BCUT2D eigenvalue weighted by atomic mass is 9.82. The molecule has 0 aromatic rings. The molecule has 0 unspecified atom stereocenters. The fourth-order valence-corrected chi connectivity index (χ4v) is 1.88. The maximum atomic E-state index is 9.11. The Kier molecular flexibility index (Phi) is 4.23. The van der Waals surface area contributed by atoms with Gasteiger partial charge in [0.1, 0.15) is 0 Å². The molecular weight excluding hydrogens is 186 g/mol. The van der Waals surface area contributed by atoms with Crippen molar-refractivity contribution in [1.82, 2.24) is 4.90 Å². The van der Waals surface area contributed by atoms with Crippen LogP contribution in [0.5, 0.6) is 0 Å². The molecule has 1 N–H and O–H groups in total. The van der Waals surface area contributed by atoms with Gasteiger partial charge in [0, 0.05) is 18.6 Å². The molecule has 0 aromatic carbocycles. The van der Waals surface area contributed by atoms with Crippen LogP contribution in [0.25, 0.3) is 0 Å². The van der Waals surface area contributed by atoms with Crippen LogP contribution in [-0.2, 0) is 0 Å². The number of halogens is 1. The van der Waals surface area contributed by atoms with Gasteiger partial charge in [-0.25, -0.2) is 0 Å². The first-order chi connectivity index (χ1) is 6.11. The van der Waals surface area contributed by atoms with Gasteiger partial charge >= 0.3 is 0 Å². The van der Waals surface area contributed by atoms with Crippen LogP contribution in [0.2, 0.25) is 0 Å². The van der Waals surface area contributed by atoms with Crippen molar-refractivity contribution in [2.45, 2.75) is 25.9 Å². The number of hydrogen-bond donors (Lipinski definition) is 1. The third-order valence-electron chi connectivity index (χ3n) is 2.49. The van der Waals surface area contributed by atoms with Crippen LogP contribution in [0.4, 0.5) is 0 Å². The summed E-state index contributed by atoms with van der Waals surface area (Å²) >= 11 is 5.57. The Bertz CT molecular complexity index is 187. The molecule has 0 aliphatic heterocycles. The molecule has 13 heavy (non-hydrogen) atoms. The van der Waals surface area contributed by atoms with E-state index in [9.17, 15) is 0 Å². The summed E-state index contributed by atoms with van der Waals surface area (Å²) in [5.74, 6) is 0.683. The number of nitrogens with zero attached hydrogens (tertiary/aromatic N) is 1. The highest BCUT2D eigenvalue weighted by molar-refractivity contribution is 6.25. The lowest BCUT2D eigenvalue weighted by Crippen LogP contribution is -2.37. The Balaban J connectivity index is 2.14. The van der Waals surface area contributed by atoms with Crippen molar-refractivity contribution in [3.63, 3.8) is 0 Å². The predicted molar refractivity (Wildman–Crippen MR) is 55.8 cm³/mol. The van der Waals surface area contributed by atoms with E-state index in [2.05, 4.69) is 11.9 Å². The summed E-state index contributed by atoms with van der Waals surface area (Å²) in [6, 6.07) is 0. The van der Waals surface area contributed by atoms with Crippen LogP contribution in [0.1, 0.15) is 19.8 Å². The number of aliphatic hydroxyl groups is 1. The summed E-state index contributed by atoms with van der Waals surface area (Å²) in [7, 11) is 2.09. The highest BCUT2D eigenvalue weighted by Crippen LogP contribution is 2.27. The number of hydrogen-bond acceptors (Lipinski definition) is 2. The third-order valence-corrected chi connectivity index (χ3v) is 2.86. The summed E-state index contributed by atoms with van der Waals surface area (Å²) in [6.45, 7) is 4.02. The average molecular weight is 204 g/mol. The third kappa shape index (κ3) is 3.67. The molecule has 0 atom stereocenters. The molecule has 1 aliphatic rings. The van der Waals surface area contributed by atoms with E-state index in [1.54, 1.807) is 5.54 Å². The zero-order valence-electron chi connectivity index (χ0n) is 8.33. The molecule has 1 rings (SSSR count). The smallest absolute Gasteiger partial charge is 0.0546 e. The molecule has 0 saturated heterocycles. The first kappa shape index (κ1) is 11.0. The van der Waals surface area contributed by atoms with Gasteiger partial charge in [-0.15, -0.1) is 0 Å². The van der Waals surface area contributed by atoms with Crippen LogP contribution >= 0.6 is 11.6 Å². The molecule has 0 aromatic heterocycles. The summed E-state index contributed by atoms with van der Waals surface area (Å²) in [6.07, 6.45) is 1.89. The van der Waals surface area contributed by atoms with E-state index in [1.807, 2.05) is 6.92 Å². The Morgan fingerprint density at radius 2 is 2.23 bits per heavy atom. The van der Waals surface area contributed by atoms with Gasteiger partial charge in [0.05, 0.1) is 6.10 Å². The molecule has 1 aliphatic carbocycles. The van der Waals surface area contributed by atoms with Gasteiger partial charge in [0.15, 0.2) is 0 Å². The molecular formula is C10H18ClNO. The number of likely N-dealkylation sites (N-methyl/N-ethyl adjacent to an activating group) is 1. The van der Waals surface area contributed by atoms with Crippen LogP contribution in [0, 0.1) is 5.92 Å². The zero-order valence-corrected chi connectivity index (χ0v) is 9.09. The molecule has 1 fully saturated rings. The highest BCUT2D eigenvalue weighted by Gasteiger charge is 2.27. The minimum absolute atomic E-state index is 0.0388. The second kappa shape index (κ2) is 4.99. The average Bonchev–Trinajstić information content (AvgIpc) is 2.01. The van der Waals surface area contributed by atoms with Crippen LogP contribution in [0.15, 0.2) is 11.1 Å². The maximum absolute atomic E-state index is 9.11. The lowest BCUT2D eigenvalue weighted by molar-refractivity contribution is 0.0296. The van der Waals surface area contributed by atoms with Gasteiger partial charge in [0.2, 0.25) is 0 Å². The van der Waals surface area contributed by atoms with E-state index in [4.69, 9.17) is 16.7 Å². The van der Waals surface area contributed by atoms with E-state index in [-0.39, 0.29) is 6.10 Å². The number of aliphatic hydroxyl groups excluding tert-OH is 1. The highest BCUT2D eigenvalue weighted by atomic mass is 35.5. The Morgan fingerprint density at radius 3 is 2.69 bits per heavy atom. The molecule has 76 valence electrons. The standard InChI is InChI=1S/C10H18ClNO/c1-8(5-11)6-12(2)7-9-3-10(13)4-9/h5,9-10,13H,3-4,6-7H2,1-2H3. The number of rotatable bonds is 4. The largest absolute Gasteiger partial charge is 0.393 e. The fourth-order valence-electron chi connectivity index (χ4n) is 1.82. The second-order valence-corrected chi connectivity index (χ2v) is 4.36. The molecule has 1 saturated carbocycles. The molecule has 2 nitrogen and oxygen atoms in total. The Morgan fingerprint density at radius 1 is 1.62 bits per heavy atom. The summed E-state index contributed by atoms with van der Waals surface area (Å²) in [5.41, 5.74) is 2.82. The van der Waals surface area contributed by atoms with Crippen molar-refractivity contribution in [3.05, 3.63) is 11.1 Å². The van der Waals surface area contributed by atoms with Crippen LogP contribution in [0.3, 0.4) is 0 Å². The minimum Gasteiger partial charge on any atom is -0.393 e. The van der Waals surface area contributed by atoms with Crippen LogP contribution in [-0.4, -0.2) is 36.2 Å². The van der Waals surface area contributed by atoms with E-state index < -0.39 is 0 Å². The van der Waals surface area contributed by atoms with Gasteiger partial charge in [-0.05, 0) is 38.3 Å². The van der Waals surface area contributed by atoms with Crippen molar-refractivity contribution in [2.75, 3.05) is 20.1 Å². The van der Waals surface area contributed by atoms with Crippen molar-refractivity contribution < 1.29 is 5.11 Å². The summed E-state index contributed by atoms with van der Waals surface area (Å²) < 4.78 is 0. The molecule has 0 radical (unpaired) electrons. The quantitative estimate of drug-likeness (QED) is 0.754. The SMILES string of the molecule is CC(=CCl)CN(C)CC1CC(O)C1. The monoisotopic (exact) mass is 203 g/mol.